The first kappa shape index (κ1) is 16.9. The number of nitrogens with one attached hydrogen (secondary N) is 2. The first-order chi connectivity index (χ1) is 13.6. The predicted molar refractivity (Wildman–Crippen MR) is 111 cm³/mol. The van der Waals surface area contributed by atoms with Crippen molar-refractivity contribution in [2.24, 2.45) is 0 Å². The number of para-hydroxylation sites is 1. The van der Waals surface area contributed by atoms with Crippen LogP contribution in [-0.4, -0.2) is 33.4 Å². The number of hydrogen-bond donors (Lipinski definition) is 3. The number of nitrogens with zero attached hydrogens (tertiary/aromatic N) is 2. The van der Waals surface area contributed by atoms with E-state index < -0.39 is 0 Å². The second-order valence-electron chi connectivity index (χ2n) is 7.81. The molecule has 1 aliphatic carbocycles. The number of amides is 1. The molecular weight excluding hydrogens is 350 g/mol. The molecule has 4 N–H and O–H groups in total. The number of aromatic amines is 1. The molecule has 1 spiro atoms. The van der Waals surface area contributed by atoms with Crippen molar-refractivity contribution in [1.82, 2.24) is 14.9 Å². The third-order valence-electron chi connectivity index (χ3n) is 6.21. The van der Waals surface area contributed by atoms with E-state index in [0.717, 1.165) is 53.2 Å². The topological polar surface area (TPSA) is 87.0 Å². The van der Waals surface area contributed by atoms with Crippen LogP contribution in [-0.2, 0) is 6.42 Å². The minimum atomic E-state index is -0.0342. The average Bonchev–Trinajstić information content (AvgIpc) is 3.02. The van der Waals surface area contributed by atoms with Crippen LogP contribution < -0.4 is 11.1 Å². The summed E-state index contributed by atoms with van der Waals surface area (Å²) in [5.41, 5.74) is 11.2. The van der Waals surface area contributed by atoms with Crippen molar-refractivity contribution in [1.29, 1.82) is 0 Å². The van der Waals surface area contributed by atoms with Crippen LogP contribution in [0.15, 0.2) is 48.7 Å². The first-order valence-electron chi connectivity index (χ1n) is 9.64. The lowest BCUT2D eigenvalue weighted by atomic mass is 9.70. The molecule has 28 heavy (non-hydrogen) atoms. The molecule has 1 fully saturated rings. The van der Waals surface area contributed by atoms with Gasteiger partial charge in [0.05, 0.1) is 16.9 Å². The van der Waals surface area contributed by atoms with Crippen molar-refractivity contribution in [2.45, 2.75) is 31.2 Å². The maximum atomic E-state index is 13.4. The maximum absolute atomic E-state index is 13.4. The third kappa shape index (κ3) is 2.48. The van der Waals surface area contributed by atoms with E-state index in [4.69, 9.17) is 5.73 Å². The van der Waals surface area contributed by atoms with E-state index in [2.05, 4.69) is 15.3 Å². The largest absolute Gasteiger partial charge is 0.384 e. The lowest BCUT2D eigenvalue weighted by molar-refractivity contribution is 0.0223. The highest BCUT2D eigenvalue weighted by Gasteiger charge is 2.48. The van der Waals surface area contributed by atoms with Crippen LogP contribution in [0.1, 0.15) is 35.3 Å². The van der Waals surface area contributed by atoms with Gasteiger partial charge >= 0.3 is 0 Å². The predicted octanol–water partition coefficient (Wildman–Crippen LogP) is 3.95. The lowest BCUT2D eigenvalue weighted by Gasteiger charge is -2.51. The van der Waals surface area contributed by atoms with Crippen molar-refractivity contribution in [3.8, 4) is 11.3 Å². The number of likely N-dealkylation sites (N-methyl/N-ethyl adjacent to an activating group) is 1. The van der Waals surface area contributed by atoms with Crippen LogP contribution in [0.3, 0.4) is 0 Å². The number of rotatable bonds is 3. The number of hydrogen-bond acceptors (Lipinski definition) is 4. The van der Waals surface area contributed by atoms with Gasteiger partial charge in [0.25, 0.3) is 5.91 Å². The number of fused-ring (bicyclic) bond motifs is 1. The van der Waals surface area contributed by atoms with E-state index in [-0.39, 0.29) is 11.4 Å². The van der Waals surface area contributed by atoms with Gasteiger partial charge in [-0.15, -0.1) is 0 Å². The van der Waals surface area contributed by atoms with Crippen molar-refractivity contribution in [2.75, 3.05) is 18.1 Å². The summed E-state index contributed by atoms with van der Waals surface area (Å²) in [7, 11) is 1.94. The molecule has 2 aliphatic rings. The zero-order valence-corrected chi connectivity index (χ0v) is 15.8. The zero-order chi connectivity index (χ0) is 19.3. The second kappa shape index (κ2) is 6.12. The molecule has 6 nitrogen and oxygen atoms in total. The summed E-state index contributed by atoms with van der Waals surface area (Å²) >= 11 is 0. The Labute approximate surface area is 163 Å². The number of H-pyrrole nitrogens is 1. The average molecular weight is 373 g/mol. The number of aromatic nitrogens is 2. The quantitative estimate of drug-likeness (QED) is 0.649. The van der Waals surface area contributed by atoms with Gasteiger partial charge in [0.2, 0.25) is 0 Å². The van der Waals surface area contributed by atoms with E-state index in [9.17, 15) is 4.79 Å². The minimum absolute atomic E-state index is 0.0342. The number of pyridine rings is 1. The van der Waals surface area contributed by atoms with Gasteiger partial charge in [-0.05, 0) is 43.5 Å². The van der Waals surface area contributed by atoms with Crippen LogP contribution in [0, 0.1) is 0 Å². The SMILES string of the molecule is CN1C(=O)c2c([nH]c(-c3ccnc(N)c3)c2Nc2ccccc2)CC12CCC2. The molecule has 1 aliphatic heterocycles. The maximum Gasteiger partial charge on any atom is 0.258 e. The van der Waals surface area contributed by atoms with Crippen LogP contribution in [0.4, 0.5) is 17.2 Å². The fraction of sp³-hybridized carbons (Fsp3) is 0.273. The Balaban J connectivity index is 1.68. The number of benzene rings is 1. The summed E-state index contributed by atoms with van der Waals surface area (Å²) in [5, 5.41) is 3.47. The fourth-order valence-electron chi connectivity index (χ4n) is 4.46. The highest BCUT2D eigenvalue weighted by Crippen LogP contribution is 2.47. The summed E-state index contributed by atoms with van der Waals surface area (Å²) in [5.74, 6) is 0.526. The molecule has 1 aromatic carbocycles. The molecule has 0 bridgehead atoms. The molecule has 2 aromatic heterocycles. The van der Waals surface area contributed by atoms with Crippen molar-refractivity contribution < 1.29 is 4.79 Å². The molecule has 6 heteroatoms. The van der Waals surface area contributed by atoms with Crippen LogP contribution in [0.5, 0.6) is 0 Å². The normalized spacial score (nSPS) is 17.3. The van der Waals surface area contributed by atoms with Gasteiger partial charge in [-0.25, -0.2) is 4.98 Å². The Morgan fingerprint density at radius 2 is 2.00 bits per heavy atom. The summed E-state index contributed by atoms with van der Waals surface area (Å²) in [6.45, 7) is 0. The van der Waals surface area contributed by atoms with Gasteiger partial charge in [0.1, 0.15) is 5.82 Å². The summed E-state index contributed by atoms with van der Waals surface area (Å²) in [6, 6.07) is 13.7. The number of carbonyl (C=O) groups is 1. The number of nitrogen functional groups attached to an aromatic ring is 1. The van der Waals surface area contributed by atoms with Gasteiger partial charge in [0, 0.05) is 42.1 Å². The van der Waals surface area contributed by atoms with E-state index in [1.54, 1.807) is 6.20 Å². The highest BCUT2D eigenvalue weighted by atomic mass is 16.2. The zero-order valence-electron chi connectivity index (χ0n) is 15.8. The van der Waals surface area contributed by atoms with Crippen LogP contribution >= 0.6 is 0 Å². The molecule has 5 rings (SSSR count). The molecule has 3 aromatic rings. The van der Waals surface area contributed by atoms with Gasteiger partial charge < -0.3 is 20.9 Å². The van der Waals surface area contributed by atoms with Crippen LogP contribution in [0.2, 0.25) is 0 Å². The monoisotopic (exact) mass is 373 g/mol. The van der Waals surface area contributed by atoms with Crippen molar-refractivity contribution in [3.05, 3.63) is 59.9 Å². The molecule has 1 amide bonds. The van der Waals surface area contributed by atoms with Gasteiger partial charge in [0.15, 0.2) is 0 Å². The molecule has 0 radical (unpaired) electrons. The standard InChI is InChI=1S/C22H23N5O/c1-27-21(28)18-16(13-22(27)9-5-10-22)26-19(14-8-11-24-17(23)12-14)20(18)25-15-6-3-2-4-7-15/h2-4,6-8,11-12,25-26H,5,9-10,13H2,1H3,(H2,23,24). The van der Waals surface area contributed by atoms with E-state index in [1.807, 2.05) is 54.4 Å². The summed E-state index contributed by atoms with van der Waals surface area (Å²) < 4.78 is 0. The fourth-order valence-corrected chi connectivity index (χ4v) is 4.46. The molecule has 142 valence electrons. The first-order valence-corrected chi connectivity index (χ1v) is 9.64. The van der Waals surface area contributed by atoms with Gasteiger partial charge in [-0.2, -0.15) is 0 Å². The van der Waals surface area contributed by atoms with Gasteiger partial charge in [-0.1, -0.05) is 18.2 Å². The van der Waals surface area contributed by atoms with E-state index >= 15 is 0 Å². The minimum Gasteiger partial charge on any atom is -0.384 e. The van der Waals surface area contributed by atoms with Crippen LogP contribution in [0.25, 0.3) is 11.3 Å². The Kier molecular flexibility index (Phi) is 3.69. The molecule has 0 atom stereocenters. The second-order valence-corrected chi connectivity index (χ2v) is 7.81. The number of anilines is 3. The Hall–Kier alpha value is -3.28. The Morgan fingerprint density at radius 3 is 2.68 bits per heavy atom. The van der Waals surface area contributed by atoms with Crippen molar-refractivity contribution >= 4 is 23.1 Å². The molecule has 0 unspecified atom stereocenters. The molecular formula is C22H23N5O. The summed E-state index contributed by atoms with van der Waals surface area (Å²) in [6.07, 6.45) is 5.85. The van der Waals surface area contributed by atoms with Crippen molar-refractivity contribution in [3.63, 3.8) is 0 Å². The molecule has 3 heterocycles. The highest BCUT2D eigenvalue weighted by molar-refractivity contribution is 6.06. The number of carbonyl (C=O) groups excluding carboxylic acids is 1. The smallest absolute Gasteiger partial charge is 0.258 e. The van der Waals surface area contributed by atoms with Gasteiger partial charge in [-0.3, -0.25) is 4.79 Å². The number of nitrogens with two attached hydrogens (primary N) is 1. The van der Waals surface area contributed by atoms with E-state index in [1.165, 1.54) is 6.42 Å². The third-order valence-corrected chi connectivity index (χ3v) is 6.21. The molecule has 1 saturated carbocycles. The Morgan fingerprint density at radius 1 is 1.21 bits per heavy atom. The summed E-state index contributed by atoms with van der Waals surface area (Å²) in [4.78, 5) is 23.0. The lowest BCUT2D eigenvalue weighted by Crippen LogP contribution is -2.58. The molecule has 0 saturated heterocycles. The van der Waals surface area contributed by atoms with E-state index in [0.29, 0.717) is 5.82 Å². The Bertz CT molecular complexity index is 1050.